The quantitative estimate of drug-likeness (QED) is 0.485. The fourth-order valence-electron chi connectivity index (χ4n) is 1.79. The molecule has 0 bridgehead atoms. The Kier molecular flexibility index (Phi) is 3.74. The number of carbonyl (C=O) groups excluding carboxylic acids is 1. The molecule has 0 radical (unpaired) electrons. The second kappa shape index (κ2) is 5.48. The van der Waals surface area contributed by atoms with Gasteiger partial charge in [-0.05, 0) is 25.1 Å². The maximum Gasteiger partial charge on any atom is 0.314 e. The highest BCUT2D eigenvalue weighted by Crippen LogP contribution is 2.34. The molecule has 20 heavy (non-hydrogen) atoms. The van der Waals surface area contributed by atoms with Crippen molar-refractivity contribution >= 4 is 12.0 Å². The number of benzene rings is 2. The molecule has 0 spiro atoms. The zero-order valence-electron chi connectivity index (χ0n) is 10.5. The average molecular weight is 275 g/mol. The molecule has 6 heteroatoms. The summed E-state index contributed by atoms with van der Waals surface area (Å²) in [6.45, 7) is 1.58. The van der Waals surface area contributed by atoms with E-state index in [1.807, 2.05) is 0 Å². The number of aryl methyl sites for hydroxylation is 1. The second-order valence-corrected chi connectivity index (χ2v) is 4.12. The summed E-state index contributed by atoms with van der Waals surface area (Å²) in [6.07, 6.45) is 0.473. The van der Waals surface area contributed by atoms with Gasteiger partial charge in [0.1, 0.15) is 17.9 Å². The van der Waals surface area contributed by atoms with Gasteiger partial charge in [0.2, 0.25) is 5.75 Å². The minimum Gasteiger partial charge on any atom is -0.450 e. The van der Waals surface area contributed by atoms with Crippen molar-refractivity contribution in [3.05, 3.63) is 63.5 Å². The van der Waals surface area contributed by atoms with Crippen LogP contribution in [0.2, 0.25) is 0 Å². The smallest absolute Gasteiger partial charge is 0.314 e. The minimum atomic E-state index is -0.653. The van der Waals surface area contributed by atoms with Crippen molar-refractivity contribution in [2.75, 3.05) is 0 Å². The lowest BCUT2D eigenvalue weighted by atomic mass is 10.2. The maximum absolute atomic E-state index is 13.3. The normalized spacial score (nSPS) is 10.1. The first kappa shape index (κ1) is 13.7. The Bertz CT molecular complexity index is 685. The van der Waals surface area contributed by atoms with Crippen LogP contribution in [0.5, 0.6) is 11.5 Å². The van der Waals surface area contributed by atoms with Crippen LogP contribution in [0.15, 0.2) is 36.4 Å². The third-order valence-electron chi connectivity index (χ3n) is 2.64. The molecule has 5 nitrogen and oxygen atoms in total. The Hall–Kier alpha value is -2.76. The first-order valence-corrected chi connectivity index (χ1v) is 5.69. The van der Waals surface area contributed by atoms with Crippen LogP contribution in [-0.4, -0.2) is 11.2 Å². The number of aldehydes is 1. The standard InChI is InChI=1S/C14H10FNO4/c1-9-3-2-4-13(14(9)16(18)19)20-12-6-10(8-17)5-11(15)7-12/h2-8H,1H3. The van der Waals surface area contributed by atoms with Crippen LogP contribution in [-0.2, 0) is 0 Å². The van der Waals surface area contributed by atoms with Gasteiger partial charge in [-0.1, -0.05) is 12.1 Å². The molecule has 0 aliphatic heterocycles. The van der Waals surface area contributed by atoms with Gasteiger partial charge < -0.3 is 4.74 Å². The lowest BCUT2D eigenvalue weighted by molar-refractivity contribution is -0.386. The summed E-state index contributed by atoms with van der Waals surface area (Å²) in [7, 11) is 0. The topological polar surface area (TPSA) is 69.4 Å². The van der Waals surface area contributed by atoms with E-state index in [0.29, 0.717) is 11.8 Å². The Balaban J connectivity index is 2.45. The van der Waals surface area contributed by atoms with Crippen molar-refractivity contribution < 1.29 is 18.8 Å². The van der Waals surface area contributed by atoms with Gasteiger partial charge in [-0.3, -0.25) is 14.9 Å². The highest BCUT2D eigenvalue weighted by molar-refractivity contribution is 5.75. The van der Waals surface area contributed by atoms with E-state index in [9.17, 15) is 19.3 Å². The van der Waals surface area contributed by atoms with Crippen LogP contribution in [0.1, 0.15) is 15.9 Å². The predicted molar refractivity (Wildman–Crippen MR) is 69.7 cm³/mol. The first-order valence-electron chi connectivity index (χ1n) is 5.69. The van der Waals surface area contributed by atoms with Gasteiger partial charge in [-0.15, -0.1) is 0 Å². The maximum atomic E-state index is 13.3. The molecule has 0 saturated carbocycles. The molecule has 2 aromatic carbocycles. The SMILES string of the molecule is Cc1cccc(Oc2cc(F)cc(C=O)c2)c1[N+](=O)[O-]. The molecule has 0 N–H and O–H groups in total. The van der Waals surface area contributed by atoms with Gasteiger partial charge >= 0.3 is 5.69 Å². The van der Waals surface area contributed by atoms with Crippen molar-refractivity contribution in [2.24, 2.45) is 0 Å². The lowest BCUT2D eigenvalue weighted by Crippen LogP contribution is -1.96. The molecule has 2 aromatic rings. The van der Waals surface area contributed by atoms with Gasteiger partial charge in [0.15, 0.2) is 0 Å². The van der Waals surface area contributed by atoms with Crippen LogP contribution >= 0.6 is 0 Å². The van der Waals surface area contributed by atoms with E-state index >= 15 is 0 Å². The summed E-state index contributed by atoms with van der Waals surface area (Å²) < 4.78 is 18.6. The number of ether oxygens (including phenoxy) is 1. The van der Waals surface area contributed by atoms with Crippen LogP contribution in [0.25, 0.3) is 0 Å². The Morgan fingerprint density at radius 3 is 2.70 bits per heavy atom. The largest absolute Gasteiger partial charge is 0.450 e. The van der Waals surface area contributed by atoms with Crippen molar-refractivity contribution in [1.82, 2.24) is 0 Å². The Morgan fingerprint density at radius 1 is 1.30 bits per heavy atom. The number of nitro benzene ring substituents is 1. The fraction of sp³-hybridized carbons (Fsp3) is 0.0714. The molecule has 0 aliphatic rings. The highest BCUT2D eigenvalue weighted by Gasteiger charge is 2.19. The van der Waals surface area contributed by atoms with Gasteiger partial charge in [0, 0.05) is 17.2 Å². The Morgan fingerprint density at radius 2 is 2.05 bits per heavy atom. The number of para-hydroxylation sites is 1. The van der Waals surface area contributed by atoms with E-state index in [4.69, 9.17) is 4.74 Å². The summed E-state index contributed by atoms with van der Waals surface area (Å²) in [5, 5.41) is 11.0. The fourth-order valence-corrected chi connectivity index (χ4v) is 1.79. The van der Waals surface area contributed by atoms with Gasteiger partial charge in [0.05, 0.1) is 4.92 Å². The van der Waals surface area contributed by atoms with Crippen LogP contribution in [0, 0.1) is 22.9 Å². The van der Waals surface area contributed by atoms with E-state index in [0.717, 1.165) is 12.1 Å². The van der Waals surface area contributed by atoms with E-state index in [-0.39, 0.29) is 22.7 Å². The molecule has 2 rings (SSSR count). The molecule has 0 saturated heterocycles. The molecule has 0 unspecified atom stereocenters. The summed E-state index contributed by atoms with van der Waals surface area (Å²) in [5.74, 6) is -0.627. The van der Waals surface area contributed by atoms with Gasteiger partial charge in [0.25, 0.3) is 0 Å². The second-order valence-electron chi connectivity index (χ2n) is 4.12. The summed E-state index contributed by atoms with van der Waals surface area (Å²) in [6, 6.07) is 7.99. The third-order valence-corrected chi connectivity index (χ3v) is 2.64. The van der Waals surface area contributed by atoms with Gasteiger partial charge in [-0.25, -0.2) is 4.39 Å². The molecule has 0 fully saturated rings. The predicted octanol–water partition coefficient (Wildman–Crippen LogP) is 3.65. The molecule has 0 atom stereocenters. The van der Waals surface area contributed by atoms with E-state index < -0.39 is 10.7 Å². The van der Waals surface area contributed by atoms with Gasteiger partial charge in [-0.2, -0.15) is 0 Å². The van der Waals surface area contributed by atoms with Crippen molar-refractivity contribution in [3.8, 4) is 11.5 Å². The molecule has 0 aromatic heterocycles. The van der Waals surface area contributed by atoms with Crippen LogP contribution in [0.4, 0.5) is 10.1 Å². The number of nitro groups is 1. The molecule has 0 heterocycles. The zero-order valence-corrected chi connectivity index (χ0v) is 10.5. The number of hydrogen-bond donors (Lipinski definition) is 0. The third kappa shape index (κ3) is 2.80. The average Bonchev–Trinajstić information content (AvgIpc) is 2.37. The molecule has 0 aliphatic carbocycles. The number of halogens is 1. The zero-order chi connectivity index (χ0) is 14.7. The van der Waals surface area contributed by atoms with Crippen molar-refractivity contribution in [1.29, 1.82) is 0 Å². The molecule has 0 amide bonds. The van der Waals surface area contributed by atoms with Crippen molar-refractivity contribution in [2.45, 2.75) is 6.92 Å². The van der Waals surface area contributed by atoms with E-state index in [1.165, 1.54) is 12.1 Å². The summed E-state index contributed by atoms with van der Waals surface area (Å²) in [5.41, 5.74) is 0.333. The number of nitrogens with zero attached hydrogens (tertiary/aromatic N) is 1. The number of hydrogen-bond acceptors (Lipinski definition) is 4. The minimum absolute atomic E-state index is 0.00236. The summed E-state index contributed by atoms with van der Waals surface area (Å²) >= 11 is 0. The lowest BCUT2D eigenvalue weighted by Gasteiger charge is -2.08. The van der Waals surface area contributed by atoms with Crippen LogP contribution in [0.3, 0.4) is 0 Å². The van der Waals surface area contributed by atoms with Crippen molar-refractivity contribution in [3.63, 3.8) is 0 Å². The molecular formula is C14H10FNO4. The number of rotatable bonds is 4. The first-order chi connectivity index (χ1) is 9.51. The highest BCUT2D eigenvalue weighted by atomic mass is 19.1. The van der Waals surface area contributed by atoms with Crippen LogP contribution < -0.4 is 4.74 Å². The number of carbonyl (C=O) groups is 1. The van der Waals surface area contributed by atoms with E-state index in [2.05, 4.69) is 0 Å². The summed E-state index contributed by atoms with van der Waals surface area (Å²) in [4.78, 5) is 21.1. The molecular weight excluding hydrogens is 265 g/mol. The Labute approximate surface area is 113 Å². The van der Waals surface area contributed by atoms with E-state index in [1.54, 1.807) is 19.1 Å². The monoisotopic (exact) mass is 275 g/mol. The molecule has 102 valence electrons.